The number of halogens is 1. The highest BCUT2D eigenvalue weighted by atomic mass is 19.1. The van der Waals surface area contributed by atoms with Crippen LogP contribution >= 0.6 is 0 Å². The van der Waals surface area contributed by atoms with Crippen molar-refractivity contribution in [2.75, 3.05) is 18.6 Å². The van der Waals surface area contributed by atoms with Crippen LogP contribution in [0.1, 0.15) is 30.3 Å². The van der Waals surface area contributed by atoms with E-state index in [9.17, 15) is 4.39 Å². The second-order valence-corrected chi connectivity index (χ2v) is 6.75. The molecule has 1 aliphatic heterocycles. The lowest BCUT2D eigenvalue weighted by atomic mass is 10.0. The molecule has 0 saturated carbocycles. The number of nitrogens with zero attached hydrogens (tertiary/aromatic N) is 5. The van der Waals surface area contributed by atoms with Crippen LogP contribution in [0, 0.1) is 5.82 Å². The van der Waals surface area contributed by atoms with E-state index in [2.05, 4.69) is 20.4 Å². The first-order valence-corrected chi connectivity index (χ1v) is 9.13. The van der Waals surface area contributed by atoms with E-state index in [1.54, 1.807) is 12.1 Å². The van der Waals surface area contributed by atoms with Crippen molar-refractivity contribution in [3.8, 4) is 0 Å². The van der Waals surface area contributed by atoms with Crippen LogP contribution in [0.15, 0.2) is 54.6 Å². The van der Waals surface area contributed by atoms with Gasteiger partial charge in [0.25, 0.3) is 0 Å². The van der Waals surface area contributed by atoms with Crippen molar-refractivity contribution in [2.45, 2.75) is 31.5 Å². The lowest BCUT2D eigenvalue weighted by Gasteiger charge is -2.30. The van der Waals surface area contributed by atoms with E-state index < -0.39 is 0 Å². The van der Waals surface area contributed by atoms with Crippen molar-refractivity contribution in [1.29, 1.82) is 0 Å². The predicted octanol–water partition coefficient (Wildman–Crippen LogP) is 3.22. The van der Waals surface area contributed by atoms with E-state index in [4.69, 9.17) is 4.74 Å². The largest absolute Gasteiger partial charge is 0.376 e. The van der Waals surface area contributed by atoms with Gasteiger partial charge in [0, 0.05) is 19.3 Å². The molecule has 0 bridgehead atoms. The Morgan fingerprint density at radius 2 is 1.96 bits per heavy atom. The smallest absolute Gasteiger partial charge is 0.178 e. The summed E-state index contributed by atoms with van der Waals surface area (Å²) in [5, 5.41) is 12.4. The molecule has 1 saturated heterocycles. The van der Waals surface area contributed by atoms with Crippen LogP contribution < -0.4 is 4.90 Å². The van der Waals surface area contributed by atoms with Gasteiger partial charge >= 0.3 is 0 Å². The molecule has 1 fully saturated rings. The third kappa shape index (κ3) is 3.83. The Bertz CT molecular complexity index is 862. The van der Waals surface area contributed by atoms with Gasteiger partial charge < -0.3 is 9.64 Å². The minimum absolute atomic E-state index is 0.128. The number of rotatable bonds is 6. The Hall–Kier alpha value is -2.80. The molecule has 4 rings (SSSR count). The fraction of sp³-hybridized carbons (Fsp3) is 0.350. The molecule has 0 radical (unpaired) electrons. The van der Waals surface area contributed by atoms with Crippen molar-refractivity contribution >= 4 is 5.69 Å². The number of aromatic nitrogens is 4. The van der Waals surface area contributed by atoms with E-state index in [0.717, 1.165) is 30.7 Å². The number of hydrogen-bond acceptors (Lipinski definition) is 5. The molecule has 0 amide bonds. The Morgan fingerprint density at radius 3 is 2.67 bits per heavy atom. The molecule has 0 N–H and O–H groups in total. The first-order chi connectivity index (χ1) is 13.2. The van der Waals surface area contributed by atoms with Gasteiger partial charge in [-0.15, -0.1) is 5.10 Å². The Kier molecular flexibility index (Phi) is 5.11. The van der Waals surface area contributed by atoms with Crippen molar-refractivity contribution in [2.24, 2.45) is 0 Å². The van der Waals surface area contributed by atoms with Crippen molar-refractivity contribution in [3.63, 3.8) is 0 Å². The molecule has 0 unspecified atom stereocenters. The topological polar surface area (TPSA) is 56.1 Å². The maximum absolute atomic E-state index is 13.5. The average molecular weight is 367 g/mol. The summed E-state index contributed by atoms with van der Waals surface area (Å²) in [5.41, 5.74) is 1.95. The minimum Gasteiger partial charge on any atom is -0.376 e. The fourth-order valence-corrected chi connectivity index (χ4v) is 3.52. The monoisotopic (exact) mass is 367 g/mol. The van der Waals surface area contributed by atoms with E-state index in [-0.39, 0.29) is 18.0 Å². The average Bonchev–Trinajstić information content (AvgIpc) is 3.37. The van der Waals surface area contributed by atoms with Gasteiger partial charge in [-0.3, -0.25) is 0 Å². The molecule has 1 aromatic heterocycles. The number of tetrazole rings is 1. The van der Waals surface area contributed by atoms with Gasteiger partial charge in [0.2, 0.25) is 0 Å². The van der Waals surface area contributed by atoms with Crippen LogP contribution in [-0.4, -0.2) is 40.0 Å². The quantitative estimate of drug-likeness (QED) is 0.670. The molecular formula is C20H22FN5O. The van der Waals surface area contributed by atoms with E-state index in [0.29, 0.717) is 12.4 Å². The Balaban J connectivity index is 1.72. The highest BCUT2D eigenvalue weighted by Crippen LogP contribution is 2.30. The summed E-state index contributed by atoms with van der Waals surface area (Å²) < 4.78 is 21.0. The van der Waals surface area contributed by atoms with Crippen LogP contribution in [0.5, 0.6) is 0 Å². The zero-order chi connectivity index (χ0) is 18.6. The maximum Gasteiger partial charge on any atom is 0.178 e. The number of benzene rings is 2. The van der Waals surface area contributed by atoms with Crippen molar-refractivity contribution < 1.29 is 9.13 Å². The van der Waals surface area contributed by atoms with Crippen LogP contribution in [0.25, 0.3) is 0 Å². The first kappa shape index (κ1) is 17.6. The molecule has 2 heterocycles. The molecule has 7 heteroatoms. The SMILES string of the molecule is CN(c1ccccc1)[C@H](c1ccc(F)cc1)c1nnnn1C[C@@H]1CCCO1. The summed E-state index contributed by atoms with van der Waals surface area (Å²) in [6.45, 7) is 1.40. The molecule has 27 heavy (non-hydrogen) atoms. The normalized spacial score (nSPS) is 17.8. The number of anilines is 1. The molecule has 0 spiro atoms. The van der Waals surface area contributed by atoms with E-state index >= 15 is 0 Å². The second kappa shape index (κ2) is 7.84. The standard InChI is InChI=1S/C20H22FN5O/c1-25(17-6-3-2-4-7-17)19(15-9-11-16(21)12-10-15)20-22-23-24-26(20)14-18-8-5-13-27-18/h2-4,6-7,9-12,18-19H,5,8,13-14H2,1H3/t18-,19+/m0/s1. The van der Waals surface area contributed by atoms with Crippen molar-refractivity contribution in [1.82, 2.24) is 20.2 Å². The highest BCUT2D eigenvalue weighted by Gasteiger charge is 2.28. The molecular weight excluding hydrogens is 345 g/mol. The molecule has 140 valence electrons. The van der Waals surface area contributed by atoms with Gasteiger partial charge in [-0.2, -0.15) is 0 Å². The Labute approximate surface area is 157 Å². The minimum atomic E-state index is -0.265. The van der Waals surface area contributed by atoms with Gasteiger partial charge in [0.05, 0.1) is 12.6 Å². The molecule has 1 aliphatic rings. The van der Waals surface area contributed by atoms with Crippen LogP contribution in [-0.2, 0) is 11.3 Å². The van der Waals surface area contributed by atoms with Gasteiger partial charge in [-0.25, -0.2) is 9.07 Å². The lowest BCUT2D eigenvalue weighted by molar-refractivity contribution is 0.0924. The molecule has 2 atom stereocenters. The third-order valence-corrected chi connectivity index (χ3v) is 4.94. The molecule has 0 aliphatic carbocycles. The van der Waals surface area contributed by atoms with Gasteiger partial charge in [0.1, 0.15) is 11.9 Å². The van der Waals surface area contributed by atoms with Gasteiger partial charge in [-0.05, 0) is 53.1 Å². The maximum atomic E-state index is 13.5. The second-order valence-electron chi connectivity index (χ2n) is 6.75. The molecule has 3 aromatic rings. The number of para-hydroxylation sites is 1. The van der Waals surface area contributed by atoms with Crippen LogP contribution in [0.3, 0.4) is 0 Å². The lowest BCUT2D eigenvalue weighted by Crippen LogP contribution is -2.29. The highest BCUT2D eigenvalue weighted by molar-refractivity contribution is 5.49. The van der Waals surface area contributed by atoms with Crippen molar-refractivity contribution in [3.05, 3.63) is 71.8 Å². The third-order valence-electron chi connectivity index (χ3n) is 4.94. The molecule has 6 nitrogen and oxygen atoms in total. The summed E-state index contributed by atoms with van der Waals surface area (Å²) in [5.74, 6) is 0.447. The summed E-state index contributed by atoms with van der Waals surface area (Å²) in [4.78, 5) is 2.10. The summed E-state index contributed by atoms with van der Waals surface area (Å²) in [6.07, 6.45) is 2.20. The zero-order valence-electron chi connectivity index (χ0n) is 15.2. The predicted molar refractivity (Wildman–Crippen MR) is 99.9 cm³/mol. The number of hydrogen-bond donors (Lipinski definition) is 0. The van der Waals surface area contributed by atoms with Gasteiger partial charge in [-0.1, -0.05) is 30.3 Å². The summed E-state index contributed by atoms with van der Waals surface area (Å²) in [7, 11) is 1.99. The van der Waals surface area contributed by atoms with Crippen LogP contribution in [0.2, 0.25) is 0 Å². The summed E-state index contributed by atoms with van der Waals surface area (Å²) >= 11 is 0. The Morgan fingerprint density at radius 1 is 1.19 bits per heavy atom. The van der Waals surface area contributed by atoms with Crippen LogP contribution in [0.4, 0.5) is 10.1 Å². The number of ether oxygens (including phenoxy) is 1. The fourth-order valence-electron chi connectivity index (χ4n) is 3.52. The van der Waals surface area contributed by atoms with Gasteiger partial charge in [0.15, 0.2) is 5.82 Å². The van der Waals surface area contributed by atoms with E-state index in [1.807, 2.05) is 42.1 Å². The van der Waals surface area contributed by atoms with E-state index in [1.165, 1.54) is 12.1 Å². The summed E-state index contributed by atoms with van der Waals surface area (Å²) in [6, 6.07) is 16.3. The first-order valence-electron chi connectivity index (χ1n) is 9.13. The zero-order valence-corrected chi connectivity index (χ0v) is 15.2. The molecule has 2 aromatic carbocycles.